The number of para-hydroxylation sites is 1. The Bertz CT molecular complexity index is 1800. The quantitative estimate of drug-likeness (QED) is 0.237. The van der Waals surface area contributed by atoms with Crippen LogP contribution in [0.2, 0.25) is 0 Å². The molecule has 0 spiro atoms. The largest absolute Gasteiger partial charge is 0.493 e. The van der Waals surface area contributed by atoms with Crippen molar-refractivity contribution in [3.8, 4) is 11.4 Å². The first-order valence-corrected chi connectivity index (χ1v) is 17.0. The van der Waals surface area contributed by atoms with E-state index < -0.39 is 10.0 Å². The van der Waals surface area contributed by atoms with Crippen molar-refractivity contribution in [3.05, 3.63) is 95.2 Å². The standard InChI is InChI=1S/C35H41N5O4S/c1-24-9-11-28(12-10-24)40-33(23-32(38-40)35(2,3)4)37-34(41)36-30-8-6-5-7-26(30)21-25-15-18-39(19-16-25)45(42,43)29-13-14-31-27(22-29)17-20-44-31/h5-14,22-23,25H,15-21H2,1-4H3,(H2,36,37,41). The van der Waals surface area contributed by atoms with Crippen LogP contribution in [0.25, 0.3) is 5.69 Å². The predicted octanol–water partition coefficient (Wildman–Crippen LogP) is 6.70. The molecule has 0 unspecified atom stereocenters. The molecular weight excluding hydrogens is 586 g/mol. The van der Waals surface area contributed by atoms with Crippen LogP contribution in [0.5, 0.6) is 5.75 Å². The van der Waals surface area contributed by atoms with Gasteiger partial charge in [0.15, 0.2) is 0 Å². The van der Waals surface area contributed by atoms with Gasteiger partial charge in [0.05, 0.1) is 22.9 Å². The van der Waals surface area contributed by atoms with E-state index in [1.807, 2.05) is 61.5 Å². The van der Waals surface area contributed by atoms with E-state index in [9.17, 15) is 13.2 Å². The van der Waals surface area contributed by atoms with Crippen molar-refractivity contribution in [2.24, 2.45) is 5.92 Å². The summed E-state index contributed by atoms with van der Waals surface area (Å²) in [7, 11) is -3.56. The van der Waals surface area contributed by atoms with Gasteiger partial charge in [0, 0.05) is 36.7 Å². The molecule has 2 amide bonds. The Kier molecular flexibility index (Phi) is 8.45. The second-order valence-corrected chi connectivity index (χ2v) is 15.0. The number of nitrogens with zero attached hydrogens (tertiary/aromatic N) is 3. The number of rotatable bonds is 7. The number of aromatic nitrogens is 2. The van der Waals surface area contributed by atoms with E-state index in [0.29, 0.717) is 36.3 Å². The first-order valence-electron chi connectivity index (χ1n) is 15.6. The highest BCUT2D eigenvalue weighted by Gasteiger charge is 2.31. The van der Waals surface area contributed by atoms with Crippen LogP contribution in [0.3, 0.4) is 0 Å². The number of aryl methyl sites for hydroxylation is 1. The van der Waals surface area contributed by atoms with Crippen molar-refractivity contribution in [1.82, 2.24) is 14.1 Å². The third-order valence-electron chi connectivity index (χ3n) is 8.64. The zero-order valence-electron chi connectivity index (χ0n) is 26.3. The van der Waals surface area contributed by atoms with Gasteiger partial charge in [-0.1, -0.05) is 56.7 Å². The lowest BCUT2D eigenvalue weighted by Gasteiger charge is -2.31. The van der Waals surface area contributed by atoms with Crippen molar-refractivity contribution in [3.63, 3.8) is 0 Å². The van der Waals surface area contributed by atoms with Gasteiger partial charge in [-0.25, -0.2) is 17.9 Å². The molecule has 0 atom stereocenters. The molecule has 2 aliphatic rings. The number of hydrogen-bond acceptors (Lipinski definition) is 5. The summed E-state index contributed by atoms with van der Waals surface area (Å²) >= 11 is 0. The number of anilines is 2. The van der Waals surface area contributed by atoms with Gasteiger partial charge in [-0.05, 0) is 79.6 Å². The molecule has 1 saturated heterocycles. The van der Waals surface area contributed by atoms with Crippen LogP contribution in [0.15, 0.2) is 77.7 Å². The molecule has 0 bridgehead atoms. The number of amides is 2. The fourth-order valence-electron chi connectivity index (χ4n) is 5.95. The zero-order valence-corrected chi connectivity index (χ0v) is 27.2. The summed E-state index contributed by atoms with van der Waals surface area (Å²) in [5, 5.41) is 10.9. The molecule has 0 aliphatic carbocycles. The highest BCUT2D eigenvalue weighted by molar-refractivity contribution is 7.89. The van der Waals surface area contributed by atoms with Gasteiger partial charge in [0.25, 0.3) is 0 Å². The zero-order chi connectivity index (χ0) is 31.8. The topological polar surface area (TPSA) is 106 Å². The van der Waals surface area contributed by atoms with E-state index in [2.05, 4.69) is 31.4 Å². The number of nitrogens with one attached hydrogen (secondary N) is 2. The molecule has 3 heterocycles. The molecule has 0 saturated carbocycles. The van der Waals surface area contributed by atoms with Gasteiger partial charge >= 0.3 is 6.03 Å². The third-order valence-corrected chi connectivity index (χ3v) is 10.5. The van der Waals surface area contributed by atoms with Gasteiger partial charge in [-0.15, -0.1) is 0 Å². The first kappa shape index (κ1) is 30.9. The monoisotopic (exact) mass is 627 g/mol. The lowest BCUT2D eigenvalue weighted by molar-refractivity contribution is 0.261. The Hall–Kier alpha value is -4.15. The van der Waals surface area contributed by atoms with Gasteiger partial charge in [-0.2, -0.15) is 9.40 Å². The average Bonchev–Trinajstić information content (AvgIpc) is 3.66. The van der Waals surface area contributed by atoms with Crippen LogP contribution in [0.1, 0.15) is 56.0 Å². The number of fused-ring (bicyclic) bond motifs is 1. The maximum atomic E-state index is 13.4. The molecule has 1 fully saturated rings. The van der Waals surface area contributed by atoms with Crippen molar-refractivity contribution in [2.75, 3.05) is 30.3 Å². The van der Waals surface area contributed by atoms with Crippen molar-refractivity contribution in [2.45, 2.75) is 63.7 Å². The average molecular weight is 628 g/mol. The minimum absolute atomic E-state index is 0.194. The number of benzene rings is 3. The van der Waals surface area contributed by atoms with Crippen LogP contribution >= 0.6 is 0 Å². The Balaban J connectivity index is 1.11. The van der Waals surface area contributed by atoms with E-state index in [1.54, 1.807) is 27.2 Å². The highest BCUT2D eigenvalue weighted by atomic mass is 32.2. The molecule has 9 nitrogen and oxygen atoms in total. The van der Waals surface area contributed by atoms with Crippen LogP contribution in [-0.2, 0) is 28.3 Å². The van der Waals surface area contributed by atoms with Gasteiger partial charge in [0.1, 0.15) is 11.6 Å². The highest BCUT2D eigenvalue weighted by Crippen LogP contribution is 2.32. The van der Waals surface area contributed by atoms with E-state index >= 15 is 0 Å². The maximum Gasteiger partial charge on any atom is 0.324 e. The number of piperidine rings is 1. The first-order chi connectivity index (χ1) is 21.5. The minimum Gasteiger partial charge on any atom is -0.493 e. The molecule has 45 heavy (non-hydrogen) atoms. The van der Waals surface area contributed by atoms with E-state index in [4.69, 9.17) is 9.84 Å². The lowest BCUT2D eigenvalue weighted by atomic mass is 9.90. The maximum absolute atomic E-state index is 13.4. The van der Waals surface area contributed by atoms with Crippen molar-refractivity contribution < 1.29 is 17.9 Å². The summed E-state index contributed by atoms with van der Waals surface area (Å²) in [4.78, 5) is 13.7. The van der Waals surface area contributed by atoms with E-state index in [-0.39, 0.29) is 11.4 Å². The summed E-state index contributed by atoms with van der Waals surface area (Å²) in [6.07, 6.45) is 2.98. The van der Waals surface area contributed by atoms with Gasteiger partial charge in [-0.3, -0.25) is 5.32 Å². The summed E-state index contributed by atoms with van der Waals surface area (Å²) in [5.74, 6) is 1.66. The van der Waals surface area contributed by atoms with Gasteiger partial charge < -0.3 is 10.1 Å². The second kappa shape index (κ2) is 12.3. The fraction of sp³-hybridized carbons (Fsp3) is 0.371. The smallest absolute Gasteiger partial charge is 0.324 e. The molecule has 10 heteroatoms. The van der Waals surface area contributed by atoms with Crippen LogP contribution < -0.4 is 15.4 Å². The SMILES string of the molecule is Cc1ccc(-n2nc(C(C)(C)C)cc2NC(=O)Nc2ccccc2CC2CCN(S(=O)(=O)c3ccc4c(c3)CCO4)CC2)cc1. The molecule has 1 aromatic heterocycles. The number of ether oxygens (including phenoxy) is 1. The molecule has 2 N–H and O–H groups in total. The Labute approximate surface area is 265 Å². The number of carbonyl (C=O) groups excluding carboxylic acids is 1. The van der Waals surface area contributed by atoms with Crippen LogP contribution in [0, 0.1) is 12.8 Å². The van der Waals surface area contributed by atoms with Crippen molar-refractivity contribution >= 4 is 27.6 Å². The Morgan fingerprint density at radius 1 is 0.978 bits per heavy atom. The molecule has 2 aliphatic heterocycles. The Morgan fingerprint density at radius 2 is 1.71 bits per heavy atom. The fourth-order valence-corrected chi connectivity index (χ4v) is 7.47. The molecule has 3 aromatic carbocycles. The summed E-state index contributed by atoms with van der Waals surface area (Å²) in [6, 6.07) is 22.6. The normalized spacial score (nSPS) is 15.8. The summed E-state index contributed by atoms with van der Waals surface area (Å²) in [5.41, 5.74) is 5.40. The molecular formula is C35H41N5O4S. The molecule has 0 radical (unpaired) electrons. The summed E-state index contributed by atoms with van der Waals surface area (Å²) in [6.45, 7) is 9.85. The number of hydrogen-bond donors (Lipinski definition) is 2. The molecule has 4 aromatic rings. The third kappa shape index (κ3) is 6.77. The van der Waals surface area contributed by atoms with Crippen LogP contribution in [-0.4, -0.2) is 48.2 Å². The number of carbonyl (C=O) groups is 1. The predicted molar refractivity (Wildman–Crippen MR) is 177 cm³/mol. The molecule has 6 rings (SSSR count). The molecule has 236 valence electrons. The minimum atomic E-state index is -3.56. The lowest BCUT2D eigenvalue weighted by Crippen LogP contribution is -2.39. The second-order valence-electron chi connectivity index (χ2n) is 13.1. The number of sulfonamides is 1. The van der Waals surface area contributed by atoms with E-state index in [0.717, 1.165) is 65.2 Å². The Morgan fingerprint density at radius 3 is 2.44 bits per heavy atom. The van der Waals surface area contributed by atoms with Crippen LogP contribution in [0.4, 0.5) is 16.3 Å². The van der Waals surface area contributed by atoms with E-state index in [1.165, 1.54) is 0 Å². The van der Waals surface area contributed by atoms with Crippen molar-refractivity contribution in [1.29, 1.82) is 0 Å². The number of urea groups is 1. The summed E-state index contributed by atoms with van der Waals surface area (Å²) < 4.78 is 35.7. The van der Waals surface area contributed by atoms with Gasteiger partial charge in [0.2, 0.25) is 10.0 Å².